The average Bonchev–Trinajstić information content (AvgIpc) is 2.54. The summed E-state index contributed by atoms with van der Waals surface area (Å²) in [7, 11) is 0. The van der Waals surface area contributed by atoms with E-state index in [-0.39, 0.29) is 11.8 Å². The number of aromatic nitrogens is 1. The molecule has 1 heterocycles. The zero-order valence-electron chi connectivity index (χ0n) is 13.1. The largest absolute Gasteiger partial charge is 0.486 e. The number of benzene rings is 1. The van der Waals surface area contributed by atoms with Crippen molar-refractivity contribution in [2.45, 2.75) is 26.5 Å². The maximum absolute atomic E-state index is 11.9. The quantitative estimate of drug-likeness (QED) is 0.850. The Morgan fingerprint density at radius 3 is 2.74 bits per heavy atom. The van der Waals surface area contributed by atoms with Crippen molar-refractivity contribution < 1.29 is 9.53 Å². The van der Waals surface area contributed by atoms with Crippen molar-refractivity contribution in [3.05, 3.63) is 53.3 Å². The number of amides is 1. The third-order valence-electron chi connectivity index (χ3n) is 3.32. The number of anilines is 1. The third kappa shape index (κ3) is 4.94. The van der Waals surface area contributed by atoms with Crippen LogP contribution in [-0.4, -0.2) is 16.9 Å². The van der Waals surface area contributed by atoms with Crippen LogP contribution in [0.4, 0.5) is 5.69 Å². The molecule has 3 N–H and O–H groups in total. The number of carbonyl (C=O) groups is 1. The number of pyridine rings is 1. The molecular formula is C17H20ClN3O2. The highest BCUT2D eigenvalue weighted by atomic mass is 35.5. The molecular weight excluding hydrogens is 314 g/mol. The number of nitrogens with one attached hydrogen (secondary N) is 1. The molecule has 5 nitrogen and oxygen atoms in total. The van der Waals surface area contributed by atoms with Crippen LogP contribution >= 0.6 is 11.6 Å². The molecule has 23 heavy (non-hydrogen) atoms. The van der Waals surface area contributed by atoms with E-state index in [4.69, 9.17) is 22.1 Å². The minimum absolute atomic E-state index is 0.0615. The van der Waals surface area contributed by atoms with E-state index in [2.05, 4.69) is 10.3 Å². The summed E-state index contributed by atoms with van der Waals surface area (Å²) in [6.07, 6.45) is 1.71. The lowest BCUT2D eigenvalue weighted by Crippen LogP contribution is -2.39. The van der Waals surface area contributed by atoms with Crippen molar-refractivity contribution in [1.29, 1.82) is 0 Å². The molecule has 0 saturated heterocycles. The van der Waals surface area contributed by atoms with Crippen LogP contribution in [0, 0.1) is 5.92 Å². The molecule has 0 fully saturated rings. The van der Waals surface area contributed by atoms with Crippen LogP contribution in [0.1, 0.15) is 19.5 Å². The molecule has 0 bridgehead atoms. The maximum atomic E-state index is 11.9. The molecule has 0 aliphatic rings. The lowest BCUT2D eigenvalue weighted by molar-refractivity contribution is -0.118. The van der Waals surface area contributed by atoms with Gasteiger partial charge in [0.05, 0.1) is 16.8 Å². The minimum Gasteiger partial charge on any atom is -0.486 e. The Bertz CT molecular complexity index is 662. The van der Waals surface area contributed by atoms with Crippen LogP contribution < -0.4 is 15.8 Å². The van der Waals surface area contributed by atoms with Gasteiger partial charge in [0.15, 0.2) is 0 Å². The van der Waals surface area contributed by atoms with E-state index in [1.54, 1.807) is 24.4 Å². The molecule has 0 radical (unpaired) electrons. The Labute approximate surface area is 140 Å². The van der Waals surface area contributed by atoms with Gasteiger partial charge < -0.3 is 15.8 Å². The van der Waals surface area contributed by atoms with Crippen LogP contribution in [0.5, 0.6) is 5.75 Å². The predicted octanol–water partition coefficient (Wildman–Crippen LogP) is 3.24. The molecule has 0 aliphatic heterocycles. The van der Waals surface area contributed by atoms with E-state index >= 15 is 0 Å². The standard InChI is InChI=1S/C17H20ClN3O2/c1-11(2)16(19)17(22)21-12-6-7-15(14(18)9-12)23-10-13-5-3-4-8-20-13/h3-9,11,16H,10,19H2,1-2H3,(H,21,22)/t16-/m0/s1. The van der Waals surface area contributed by atoms with Crippen LogP contribution in [0.2, 0.25) is 5.02 Å². The molecule has 1 atom stereocenters. The van der Waals surface area contributed by atoms with Gasteiger partial charge in [0, 0.05) is 11.9 Å². The van der Waals surface area contributed by atoms with Gasteiger partial charge in [-0.15, -0.1) is 0 Å². The van der Waals surface area contributed by atoms with E-state index in [0.29, 0.717) is 23.1 Å². The van der Waals surface area contributed by atoms with Crippen LogP contribution in [0.3, 0.4) is 0 Å². The van der Waals surface area contributed by atoms with E-state index in [0.717, 1.165) is 5.69 Å². The maximum Gasteiger partial charge on any atom is 0.241 e. The van der Waals surface area contributed by atoms with Crippen molar-refractivity contribution in [2.75, 3.05) is 5.32 Å². The number of hydrogen-bond acceptors (Lipinski definition) is 4. The monoisotopic (exact) mass is 333 g/mol. The fourth-order valence-electron chi connectivity index (χ4n) is 1.86. The van der Waals surface area contributed by atoms with Crippen molar-refractivity contribution in [3.8, 4) is 5.75 Å². The molecule has 0 spiro atoms. The van der Waals surface area contributed by atoms with Gasteiger partial charge in [-0.25, -0.2) is 0 Å². The first-order chi connectivity index (χ1) is 11.0. The molecule has 1 aromatic carbocycles. The predicted molar refractivity (Wildman–Crippen MR) is 91.5 cm³/mol. The molecule has 1 amide bonds. The van der Waals surface area contributed by atoms with E-state index < -0.39 is 6.04 Å². The topological polar surface area (TPSA) is 77.2 Å². The van der Waals surface area contributed by atoms with Crippen molar-refractivity contribution in [3.63, 3.8) is 0 Å². The average molecular weight is 334 g/mol. The van der Waals surface area contributed by atoms with E-state index in [1.165, 1.54) is 0 Å². The summed E-state index contributed by atoms with van der Waals surface area (Å²) in [5.41, 5.74) is 7.20. The number of nitrogens with zero attached hydrogens (tertiary/aromatic N) is 1. The summed E-state index contributed by atoms with van der Waals surface area (Å²) in [5.74, 6) is 0.355. The number of ether oxygens (including phenoxy) is 1. The zero-order valence-corrected chi connectivity index (χ0v) is 13.9. The van der Waals surface area contributed by atoms with Gasteiger partial charge in [0.25, 0.3) is 0 Å². The summed E-state index contributed by atoms with van der Waals surface area (Å²) in [6, 6.07) is 10.1. The molecule has 6 heteroatoms. The summed E-state index contributed by atoms with van der Waals surface area (Å²) in [5, 5.41) is 3.16. The summed E-state index contributed by atoms with van der Waals surface area (Å²) in [4.78, 5) is 16.1. The van der Waals surface area contributed by atoms with Gasteiger partial charge in [-0.3, -0.25) is 9.78 Å². The Kier molecular flexibility index (Phi) is 5.96. The molecule has 122 valence electrons. The lowest BCUT2D eigenvalue weighted by Gasteiger charge is -2.16. The first kappa shape index (κ1) is 17.2. The second-order valence-corrected chi connectivity index (χ2v) is 5.92. The Morgan fingerprint density at radius 1 is 1.35 bits per heavy atom. The second kappa shape index (κ2) is 7.94. The van der Waals surface area contributed by atoms with Crippen LogP contribution in [0.25, 0.3) is 0 Å². The molecule has 0 saturated carbocycles. The van der Waals surface area contributed by atoms with E-state index in [1.807, 2.05) is 32.0 Å². The number of hydrogen-bond donors (Lipinski definition) is 2. The van der Waals surface area contributed by atoms with Gasteiger partial charge in [0.1, 0.15) is 12.4 Å². The third-order valence-corrected chi connectivity index (χ3v) is 3.62. The highest BCUT2D eigenvalue weighted by Gasteiger charge is 2.17. The first-order valence-corrected chi connectivity index (χ1v) is 7.74. The smallest absolute Gasteiger partial charge is 0.241 e. The molecule has 1 aromatic heterocycles. The Morgan fingerprint density at radius 2 is 2.13 bits per heavy atom. The van der Waals surface area contributed by atoms with Crippen LogP contribution in [-0.2, 0) is 11.4 Å². The molecule has 2 rings (SSSR count). The zero-order chi connectivity index (χ0) is 16.8. The van der Waals surface area contributed by atoms with Gasteiger partial charge in [-0.1, -0.05) is 31.5 Å². The highest BCUT2D eigenvalue weighted by molar-refractivity contribution is 6.32. The number of carbonyl (C=O) groups excluding carboxylic acids is 1. The SMILES string of the molecule is CC(C)[C@H](N)C(=O)Nc1ccc(OCc2ccccn2)c(Cl)c1. The fraction of sp³-hybridized carbons (Fsp3) is 0.294. The summed E-state index contributed by atoms with van der Waals surface area (Å²) < 4.78 is 5.64. The van der Waals surface area contributed by atoms with Gasteiger partial charge in [-0.2, -0.15) is 0 Å². The van der Waals surface area contributed by atoms with Crippen molar-refractivity contribution in [1.82, 2.24) is 4.98 Å². The second-order valence-electron chi connectivity index (χ2n) is 5.51. The van der Waals surface area contributed by atoms with Crippen molar-refractivity contribution in [2.24, 2.45) is 11.7 Å². The fourth-order valence-corrected chi connectivity index (χ4v) is 2.09. The normalized spacial score (nSPS) is 12.0. The highest BCUT2D eigenvalue weighted by Crippen LogP contribution is 2.28. The molecule has 2 aromatic rings. The number of rotatable bonds is 6. The minimum atomic E-state index is -0.561. The molecule has 0 aliphatic carbocycles. The Balaban J connectivity index is 1.99. The summed E-state index contributed by atoms with van der Waals surface area (Å²) >= 11 is 6.19. The van der Waals surface area contributed by atoms with E-state index in [9.17, 15) is 4.79 Å². The molecule has 0 unspecified atom stereocenters. The first-order valence-electron chi connectivity index (χ1n) is 7.36. The number of nitrogens with two attached hydrogens (primary N) is 1. The number of halogens is 1. The lowest BCUT2D eigenvalue weighted by atomic mass is 10.0. The Hall–Kier alpha value is -2.11. The van der Waals surface area contributed by atoms with Crippen molar-refractivity contribution >= 4 is 23.2 Å². The van der Waals surface area contributed by atoms with Gasteiger partial charge in [0.2, 0.25) is 5.91 Å². The van der Waals surface area contributed by atoms with Gasteiger partial charge in [-0.05, 0) is 36.2 Å². The van der Waals surface area contributed by atoms with Crippen LogP contribution in [0.15, 0.2) is 42.6 Å². The summed E-state index contributed by atoms with van der Waals surface area (Å²) in [6.45, 7) is 4.11. The van der Waals surface area contributed by atoms with Gasteiger partial charge >= 0.3 is 0 Å².